The number of fused-ring (bicyclic) bond motifs is 1. The minimum atomic E-state index is 0.783. The molecule has 0 N–H and O–H groups in total. The van der Waals surface area contributed by atoms with Crippen LogP contribution in [0.4, 0.5) is 0 Å². The van der Waals surface area contributed by atoms with Gasteiger partial charge in [0.05, 0.1) is 6.61 Å². The molecule has 0 saturated carbocycles. The first-order chi connectivity index (χ1) is 5.86. The third kappa shape index (κ3) is 1.53. The summed E-state index contributed by atoms with van der Waals surface area (Å²) in [4.78, 5) is 0. The van der Waals surface area contributed by atoms with E-state index in [0.29, 0.717) is 0 Å². The van der Waals surface area contributed by atoms with Crippen LogP contribution in [0.25, 0.3) is 6.08 Å². The quantitative estimate of drug-likeness (QED) is 0.658. The molecule has 0 unspecified atom stereocenters. The smallest absolute Gasteiger partial charge is 0.126 e. The van der Waals surface area contributed by atoms with E-state index >= 15 is 0 Å². The summed E-state index contributed by atoms with van der Waals surface area (Å²) in [5.41, 5.74) is 1.15. The molecule has 2 rings (SSSR count). The van der Waals surface area contributed by atoms with E-state index in [2.05, 4.69) is 34.1 Å². The molecule has 1 heterocycles. The lowest BCUT2D eigenvalue weighted by Gasteiger charge is -2.05. The fourth-order valence-corrected chi connectivity index (χ4v) is 1.61. The Hall–Kier alpha value is -0.760. The summed E-state index contributed by atoms with van der Waals surface area (Å²) in [6, 6.07) is 6.06. The van der Waals surface area contributed by atoms with E-state index in [0.717, 1.165) is 28.8 Å². The van der Waals surface area contributed by atoms with Gasteiger partial charge in [-0.25, -0.2) is 0 Å². The second-order valence-corrected chi connectivity index (χ2v) is 3.64. The van der Waals surface area contributed by atoms with E-state index in [1.807, 2.05) is 12.1 Å². The zero-order valence-corrected chi connectivity index (χ0v) is 8.17. The first-order valence-corrected chi connectivity index (χ1v) is 4.74. The van der Waals surface area contributed by atoms with Crippen molar-refractivity contribution in [3.63, 3.8) is 0 Å². The first-order valence-electron chi connectivity index (χ1n) is 3.95. The van der Waals surface area contributed by atoms with Gasteiger partial charge in [0.2, 0.25) is 0 Å². The van der Waals surface area contributed by atoms with Crippen LogP contribution in [0.2, 0.25) is 0 Å². The van der Waals surface area contributed by atoms with E-state index < -0.39 is 0 Å². The summed E-state index contributed by atoms with van der Waals surface area (Å²) < 4.78 is 6.61. The van der Waals surface area contributed by atoms with Crippen molar-refractivity contribution in [1.82, 2.24) is 0 Å². The molecule has 1 aromatic rings. The minimum Gasteiger partial charge on any atom is -0.493 e. The fraction of sp³-hybridized carbons (Fsp3) is 0.200. The zero-order valence-electron chi connectivity index (χ0n) is 6.59. The van der Waals surface area contributed by atoms with Crippen molar-refractivity contribution in [3.8, 4) is 5.75 Å². The van der Waals surface area contributed by atoms with Gasteiger partial charge in [-0.15, -0.1) is 0 Å². The summed E-state index contributed by atoms with van der Waals surface area (Å²) >= 11 is 3.43. The van der Waals surface area contributed by atoms with Gasteiger partial charge < -0.3 is 4.74 Å². The highest BCUT2D eigenvalue weighted by molar-refractivity contribution is 9.10. The van der Waals surface area contributed by atoms with Gasteiger partial charge in [0, 0.05) is 10.0 Å². The number of hydrogen-bond acceptors (Lipinski definition) is 1. The standard InChI is InChI=1S/C10H9BrO/c11-9-4-5-10-8(7-9)3-1-2-6-12-10/h1,3-5,7H,2,6H2. The second-order valence-electron chi connectivity index (χ2n) is 2.72. The molecule has 0 atom stereocenters. The van der Waals surface area contributed by atoms with E-state index in [1.165, 1.54) is 0 Å². The monoisotopic (exact) mass is 224 g/mol. The van der Waals surface area contributed by atoms with Gasteiger partial charge in [-0.05, 0) is 24.6 Å². The van der Waals surface area contributed by atoms with Crippen LogP contribution in [-0.4, -0.2) is 6.61 Å². The molecule has 0 bridgehead atoms. The number of halogens is 1. The molecular formula is C10H9BrO. The van der Waals surface area contributed by atoms with Gasteiger partial charge in [0.25, 0.3) is 0 Å². The fourth-order valence-electron chi connectivity index (χ4n) is 1.23. The summed E-state index contributed by atoms with van der Waals surface area (Å²) in [5.74, 6) is 0.979. The topological polar surface area (TPSA) is 9.23 Å². The molecule has 1 aliphatic heterocycles. The van der Waals surface area contributed by atoms with Crippen molar-refractivity contribution in [2.45, 2.75) is 6.42 Å². The molecule has 2 heteroatoms. The lowest BCUT2D eigenvalue weighted by molar-refractivity contribution is 0.326. The van der Waals surface area contributed by atoms with Gasteiger partial charge in [-0.2, -0.15) is 0 Å². The molecule has 1 aliphatic rings. The average molecular weight is 225 g/mol. The maximum absolute atomic E-state index is 5.52. The van der Waals surface area contributed by atoms with Crippen LogP contribution >= 0.6 is 15.9 Å². The Morgan fingerprint density at radius 1 is 1.33 bits per heavy atom. The molecule has 62 valence electrons. The van der Waals surface area contributed by atoms with Crippen LogP contribution in [-0.2, 0) is 0 Å². The lowest BCUT2D eigenvalue weighted by Crippen LogP contribution is -1.94. The molecule has 12 heavy (non-hydrogen) atoms. The summed E-state index contributed by atoms with van der Waals surface area (Å²) in [6.45, 7) is 0.783. The number of benzene rings is 1. The Morgan fingerprint density at radius 2 is 2.25 bits per heavy atom. The van der Waals surface area contributed by atoms with E-state index in [9.17, 15) is 0 Å². The highest BCUT2D eigenvalue weighted by Crippen LogP contribution is 2.26. The van der Waals surface area contributed by atoms with Crippen molar-refractivity contribution in [2.24, 2.45) is 0 Å². The minimum absolute atomic E-state index is 0.783. The molecule has 0 spiro atoms. The normalized spacial score (nSPS) is 14.8. The highest BCUT2D eigenvalue weighted by atomic mass is 79.9. The Morgan fingerprint density at radius 3 is 3.17 bits per heavy atom. The Labute approximate surface area is 80.2 Å². The molecule has 0 radical (unpaired) electrons. The first kappa shape index (κ1) is 7.87. The largest absolute Gasteiger partial charge is 0.493 e. The number of ether oxygens (including phenoxy) is 1. The molecule has 0 aromatic heterocycles. The predicted molar refractivity (Wildman–Crippen MR) is 53.3 cm³/mol. The third-order valence-electron chi connectivity index (χ3n) is 1.81. The number of rotatable bonds is 0. The van der Waals surface area contributed by atoms with Crippen LogP contribution in [0.15, 0.2) is 28.7 Å². The molecule has 1 nitrogen and oxygen atoms in total. The molecular weight excluding hydrogens is 216 g/mol. The highest BCUT2D eigenvalue weighted by Gasteiger charge is 2.03. The summed E-state index contributed by atoms with van der Waals surface area (Å²) in [6.07, 6.45) is 5.23. The maximum Gasteiger partial charge on any atom is 0.126 e. The van der Waals surface area contributed by atoms with Crippen molar-refractivity contribution < 1.29 is 4.74 Å². The van der Waals surface area contributed by atoms with Crippen LogP contribution < -0.4 is 4.74 Å². The Kier molecular flexibility index (Phi) is 2.17. The zero-order chi connectivity index (χ0) is 8.39. The van der Waals surface area contributed by atoms with Crippen LogP contribution in [0.5, 0.6) is 5.75 Å². The van der Waals surface area contributed by atoms with Gasteiger partial charge in [0.1, 0.15) is 5.75 Å². The molecule has 0 saturated heterocycles. The Balaban J connectivity index is 2.47. The Bertz CT molecular complexity index is 318. The molecule has 0 aliphatic carbocycles. The van der Waals surface area contributed by atoms with Crippen molar-refractivity contribution in [1.29, 1.82) is 0 Å². The van der Waals surface area contributed by atoms with Crippen molar-refractivity contribution in [3.05, 3.63) is 34.3 Å². The molecule has 0 amide bonds. The van der Waals surface area contributed by atoms with E-state index in [-0.39, 0.29) is 0 Å². The van der Waals surface area contributed by atoms with Crippen molar-refractivity contribution in [2.75, 3.05) is 6.61 Å². The number of hydrogen-bond donors (Lipinski definition) is 0. The van der Waals surface area contributed by atoms with E-state index in [1.54, 1.807) is 0 Å². The predicted octanol–water partition coefficient (Wildman–Crippen LogP) is 3.24. The van der Waals surface area contributed by atoms with Gasteiger partial charge in [0.15, 0.2) is 0 Å². The van der Waals surface area contributed by atoms with Crippen LogP contribution in [0.3, 0.4) is 0 Å². The van der Waals surface area contributed by atoms with Crippen molar-refractivity contribution >= 4 is 22.0 Å². The maximum atomic E-state index is 5.52. The summed E-state index contributed by atoms with van der Waals surface area (Å²) in [7, 11) is 0. The lowest BCUT2D eigenvalue weighted by atomic mass is 10.2. The van der Waals surface area contributed by atoms with Gasteiger partial charge in [-0.1, -0.05) is 28.1 Å². The van der Waals surface area contributed by atoms with Gasteiger partial charge in [-0.3, -0.25) is 0 Å². The molecule has 1 aromatic carbocycles. The van der Waals surface area contributed by atoms with Crippen LogP contribution in [0, 0.1) is 0 Å². The average Bonchev–Trinajstić information content (AvgIpc) is 2.28. The van der Waals surface area contributed by atoms with Gasteiger partial charge >= 0.3 is 0 Å². The summed E-state index contributed by atoms with van der Waals surface area (Å²) in [5, 5.41) is 0. The SMILES string of the molecule is Brc1ccc2c(c1)C=CCCO2. The van der Waals surface area contributed by atoms with Crippen LogP contribution in [0.1, 0.15) is 12.0 Å². The second kappa shape index (κ2) is 3.31. The van der Waals surface area contributed by atoms with E-state index in [4.69, 9.17) is 4.74 Å². The third-order valence-corrected chi connectivity index (χ3v) is 2.30. The molecule has 0 fully saturated rings.